The largest absolute Gasteiger partial charge is 0.449 e. The van der Waals surface area contributed by atoms with Crippen LogP contribution < -0.4 is 16.0 Å². The van der Waals surface area contributed by atoms with Crippen molar-refractivity contribution in [1.29, 1.82) is 0 Å². The molecule has 0 aliphatic rings. The second-order valence-corrected chi connectivity index (χ2v) is 6.61. The zero-order chi connectivity index (χ0) is 20.4. The van der Waals surface area contributed by atoms with Gasteiger partial charge in [0.1, 0.15) is 17.3 Å². The molecule has 29 heavy (non-hydrogen) atoms. The summed E-state index contributed by atoms with van der Waals surface area (Å²) in [4.78, 5) is 12.9. The minimum Gasteiger partial charge on any atom is -0.449 e. The molecule has 0 bridgehead atoms. The number of halogens is 1. The van der Waals surface area contributed by atoms with E-state index in [2.05, 4.69) is 5.10 Å². The lowest BCUT2D eigenvalue weighted by Crippen LogP contribution is -2.23. The van der Waals surface area contributed by atoms with E-state index in [1.807, 2.05) is 31.2 Å². The van der Waals surface area contributed by atoms with Crippen molar-refractivity contribution in [2.45, 2.75) is 6.92 Å². The maximum Gasteiger partial charge on any atom is 0.316 e. The molecule has 144 valence electrons. The number of aromatic nitrogens is 2. The van der Waals surface area contributed by atoms with Gasteiger partial charge in [0.15, 0.2) is 0 Å². The third kappa shape index (κ3) is 3.87. The van der Waals surface area contributed by atoms with Gasteiger partial charge in [-0.3, -0.25) is 4.79 Å². The van der Waals surface area contributed by atoms with Gasteiger partial charge in [0.25, 0.3) is 0 Å². The third-order valence-electron chi connectivity index (χ3n) is 4.49. The van der Waals surface area contributed by atoms with Gasteiger partial charge >= 0.3 is 5.56 Å². The Balaban J connectivity index is 1.64. The average Bonchev–Trinajstić information content (AvgIpc) is 2.73. The number of hydrogen-bond donors (Lipinski definition) is 1. The van der Waals surface area contributed by atoms with Crippen molar-refractivity contribution in [2.24, 2.45) is 0 Å². The van der Waals surface area contributed by atoms with Gasteiger partial charge < -0.3 is 10.5 Å². The van der Waals surface area contributed by atoms with Crippen molar-refractivity contribution in [1.82, 2.24) is 9.78 Å². The Morgan fingerprint density at radius 1 is 0.897 bits per heavy atom. The van der Waals surface area contributed by atoms with E-state index < -0.39 is 5.56 Å². The number of nitrogens with two attached hydrogens (primary N) is 1. The average molecular weight is 387 g/mol. The van der Waals surface area contributed by atoms with Crippen LogP contribution in [-0.2, 0) is 0 Å². The molecule has 0 radical (unpaired) electrons. The fourth-order valence-corrected chi connectivity index (χ4v) is 2.90. The molecule has 0 saturated carbocycles. The maximum atomic E-state index is 13.1. The molecule has 2 N–H and O–H groups in total. The molecule has 4 rings (SSSR count). The van der Waals surface area contributed by atoms with Crippen molar-refractivity contribution in [3.05, 3.63) is 101 Å². The normalized spacial score (nSPS) is 10.7. The van der Waals surface area contributed by atoms with Crippen LogP contribution in [0.15, 0.2) is 83.8 Å². The molecule has 6 heteroatoms. The van der Waals surface area contributed by atoms with Crippen LogP contribution in [0.2, 0.25) is 0 Å². The standard InChI is InChI=1S/C23H18FN3O2/c1-15-2-10-19(11-3-15)27-23(28)22(21(25)14-26-27)29-20-12-6-17(7-13-20)16-4-8-18(24)9-5-16/h2-14H,25H2,1H3. The highest BCUT2D eigenvalue weighted by Gasteiger charge is 2.13. The van der Waals surface area contributed by atoms with Crippen LogP contribution in [0.4, 0.5) is 10.1 Å². The highest BCUT2D eigenvalue weighted by Crippen LogP contribution is 2.27. The monoisotopic (exact) mass is 387 g/mol. The van der Waals surface area contributed by atoms with Gasteiger partial charge in [0.05, 0.1) is 11.9 Å². The van der Waals surface area contributed by atoms with Gasteiger partial charge in [-0.05, 0) is 54.4 Å². The third-order valence-corrected chi connectivity index (χ3v) is 4.49. The van der Waals surface area contributed by atoms with Gasteiger partial charge in [-0.1, -0.05) is 42.0 Å². The summed E-state index contributed by atoms with van der Waals surface area (Å²) in [5.74, 6) is 0.183. The number of ether oxygens (including phenoxy) is 1. The molecule has 3 aromatic carbocycles. The lowest BCUT2D eigenvalue weighted by atomic mass is 10.1. The van der Waals surface area contributed by atoms with Gasteiger partial charge in [-0.2, -0.15) is 9.78 Å². The summed E-state index contributed by atoms with van der Waals surface area (Å²) in [7, 11) is 0. The minimum absolute atomic E-state index is 0.00936. The smallest absolute Gasteiger partial charge is 0.316 e. The molecule has 0 fully saturated rings. The van der Waals surface area contributed by atoms with Gasteiger partial charge in [-0.25, -0.2) is 4.39 Å². The van der Waals surface area contributed by atoms with E-state index >= 15 is 0 Å². The number of aryl methyl sites for hydroxylation is 1. The van der Waals surface area contributed by atoms with E-state index in [1.54, 1.807) is 36.4 Å². The zero-order valence-electron chi connectivity index (χ0n) is 15.7. The molecular formula is C23H18FN3O2. The Hall–Kier alpha value is -3.93. The molecule has 0 unspecified atom stereocenters. The molecule has 0 amide bonds. The molecule has 1 aromatic heterocycles. The maximum absolute atomic E-state index is 13.1. The fraction of sp³-hybridized carbons (Fsp3) is 0.0435. The molecule has 5 nitrogen and oxygen atoms in total. The Labute approximate surface area is 166 Å². The minimum atomic E-state index is -0.448. The van der Waals surface area contributed by atoms with Crippen molar-refractivity contribution >= 4 is 5.69 Å². The lowest BCUT2D eigenvalue weighted by Gasteiger charge is -2.11. The Morgan fingerprint density at radius 3 is 2.10 bits per heavy atom. The molecule has 1 heterocycles. The number of nitrogen functional groups attached to an aromatic ring is 1. The number of anilines is 1. The van der Waals surface area contributed by atoms with Crippen LogP contribution in [0, 0.1) is 12.7 Å². The fourth-order valence-electron chi connectivity index (χ4n) is 2.90. The summed E-state index contributed by atoms with van der Waals surface area (Å²) in [5, 5.41) is 4.11. The summed E-state index contributed by atoms with van der Waals surface area (Å²) >= 11 is 0. The van der Waals surface area contributed by atoms with Crippen LogP contribution in [-0.4, -0.2) is 9.78 Å². The van der Waals surface area contributed by atoms with Crippen molar-refractivity contribution in [2.75, 3.05) is 5.73 Å². The van der Waals surface area contributed by atoms with Crippen molar-refractivity contribution in [3.63, 3.8) is 0 Å². The Morgan fingerprint density at radius 2 is 1.48 bits per heavy atom. The molecule has 0 aliphatic carbocycles. The van der Waals surface area contributed by atoms with Crippen LogP contribution in [0.5, 0.6) is 11.5 Å². The first kappa shape index (κ1) is 18.4. The van der Waals surface area contributed by atoms with Gasteiger partial charge in [-0.15, -0.1) is 0 Å². The van der Waals surface area contributed by atoms with E-state index in [1.165, 1.54) is 23.0 Å². The first-order valence-electron chi connectivity index (χ1n) is 9.00. The van der Waals surface area contributed by atoms with E-state index in [9.17, 15) is 9.18 Å². The molecule has 0 saturated heterocycles. The molecule has 0 atom stereocenters. The summed E-state index contributed by atoms with van der Waals surface area (Å²) < 4.78 is 20.1. The molecule has 0 aliphatic heterocycles. The predicted octanol–water partition coefficient (Wildman–Crippen LogP) is 4.72. The Kier molecular flexibility index (Phi) is 4.83. The number of benzene rings is 3. The van der Waals surface area contributed by atoms with E-state index in [4.69, 9.17) is 10.5 Å². The first-order valence-corrected chi connectivity index (χ1v) is 9.00. The first-order chi connectivity index (χ1) is 14.0. The SMILES string of the molecule is Cc1ccc(-n2ncc(N)c(Oc3ccc(-c4ccc(F)cc4)cc3)c2=O)cc1. The summed E-state index contributed by atoms with van der Waals surface area (Å²) in [6.45, 7) is 1.97. The molecule has 0 spiro atoms. The van der Waals surface area contributed by atoms with E-state index in [0.29, 0.717) is 11.4 Å². The zero-order valence-corrected chi connectivity index (χ0v) is 15.7. The molecule has 4 aromatic rings. The van der Waals surface area contributed by atoms with Crippen LogP contribution in [0.3, 0.4) is 0 Å². The topological polar surface area (TPSA) is 70.1 Å². The van der Waals surface area contributed by atoms with Crippen LogP contribution in [0.1, 0.15) is 5.56 Å². The molecular weight excluding hydrogens is 369 g/mol. The highest BCUT2D eigenvalue weighted by atomic mass is 19.1. The van der Waals surface area contributed by atoms with Crippen LogP contribution >= 0.6 is 0 Å². The quantitative estimate of drug-likeness (QED) is 0.550. The Bertz CT molecular complexity index is 1200. The number of rotatable bonds is 4. The van der Waals surface area contributed by atoms with Crippen molar-refractivity contribution < 1.29 is 9.13 Å². The summed E-state index contributed by atoms with van der Waals surface area (Å²) in [6.07, 6.45) is 1.39. The second-order valence-electron chi connectivity index (χ2n) is 6.61. The van der Waals surface area contributed by atoms with E-state index in [-0.39, 0.29) is 17.3 Å². The summed E-state index contributed by atoms with van der Waals surface area (Å²) in [5.41, 5.74) is 9.12. The van der Waals surface area contributed by atoms with Gasteiger partial charge in [0.2, 0.25) is 5.75 Å². The van der Waals surface area contributed by atoms with Crippen molar-refractivity contribution in [3.8, 4) is 28.3 Å². The summed E-state index contributed by atoms with van der Waals surface area (Å²) in [6, 6.07) is 20.7. The predicted molar refractivity (Wildman–Crippen MR) is 111 cm³/mol. The number of hydrogen-bond acceptors (Lipinski definition) is 4. The second kappa shape index (κ2) is 7.59. The highest BCUT2D eigenvalue weighted by molar-refractivity contribution is 5.64. The van der Waals surface area contributed by atoms with Crippen LogP contribution in [0.25, 0.3) is 16.8 Å². The van der Waals surface area contributed by atoms with Gasteiger partial charge in [0, 0.05) is 0 Å². The number of nitrogens with zero attached hydrogens (tertiary/aromatic N) is 2. The van der Waals surface area contributed by atoms with E-state index in [0.717, 1.165) is 16.7 Å². The lowest BCUT2D eigenvalue weighted by molar-refractivity contribution is 0.470.